The van der Waals surface area contributed by atoms with Crippen molar-refractivity contribution in [1.82, 2.24) is 4.98 Å². The van der Waals surface area contributed by atoms with Crippen LogP contribution in [0.1, 0.15) is 35.0 Å². The number of hydrogen-bond acceptors (Lipinski definition) is 3. The number of halogens is 3. The van der Waals surface area contributed by atoms with Gasteiger partial charge < -0.3 is 4.74 Å². The number of pyridine rings is 1. The molecule has 0 N–H and O–H groups in total. The summed E-state index contributed by atoms with van der Waals surface area (Å²) in [6.07, 6.45) is -2.69. The molecule has 0 atom stereocenters. The second kappa shape index (κ2) is 5.51. The molecule has 1 rings (SSSR count). The molecule has 6 heteroatoms. The van der Waals surface area contributed by atoms with Crippen molar-refractivity contribution >= 4 is 28.6 Å². The van der Waals surface area contributed by atoms with E-state index >= 15 is 0 Å². The van der Waals surface area contributed by atoms with Gasteiger partial charge in [0, 0.05) is 0 Å². The van der Waals surface area contributed by atoms with Crippen LogP contribution in [0.3, 0.4) is 0 Å². The number of alkyl halides is 2. The Balaban J connectivity index is 3.21. The molecule has 0 saturated carbocycles. The maximum absolute atomic E-state index is 12.5. The Hall–Kier alpha value is -0.790. The van der Waals surface area contributed by atoms with E-state index in [9.17, 15) is 13.6 Å². The third kappa shape index (κ3) is 2.87. The van der Waals surface area contributed by atoms with Gasteiger partial charge in [-0.15, -0.1) is 0 Å². The lowest BCUT2D eigenvalue weighted by atomic mass is 10.1. The normalized spacial score (nSPS) is 10.6. The lowest BCUT2D eigenvalue weighted by Crippen LogP contribution is -2.10. The molecule has 3 nitrogen and oxygen atoms in total. The van der Waals surface area contributed by atoms with E-state index in [4.69, 9.17) is 4.74 Å². The Bertz CT molecular complexity index is 410. The summed E-state index contributed by atoms with van der Waals surface area (Å²) < 4.78 is 30.2. The Morgan fingerprint density at radius 2 is 2.25 bits per heavy atom. The molecule has 0 aromatic carbocycles. The molecule has 0 spiro atoms. The highest BCUT2D eigenvalue weighted by Gasteiger charge is 2.18. The molecule has 0 bridgehead atoms. The van der Waals surface area contributed by atoms with Gasteiger partial charge in [-0.05, 0) is 48.1 Å². The number of carbonyl (C=O) groups excluding carboxylic acids is 1. The lowest BCUT2D eigenvalue weighted by Gasteiger charge is -2.09. The summed E-state index contributed by atoms with van der Waals surface area (Å²) in [6, 6.07) is 1.08. The van der Waals surface area contributed by atoms with Crippen molar-refractivity contribution in [3.63, 3.8) is 0 Å². The van der Waals surface area contributed by atoms with Crippen molar-refractivity contribution in [3.05, 3.63) is 26.6 Å². The first kappa shape index (κ1) is 13.3. The highest BCUT2D eigenvalue weighted by molar-refractivity contribution is 14.1. The number of nitrogens with zero attached hydrogens (tertiary/aromatic N) is 1. The minimum atomic E-state index is -2.69. The first-order valence-corrected chi connectivity index (χ1v) is 5.67. The highest BCUT2D eigenvalue weighted by Crippen LogP contribution is 2.23. The fraction of sp³-hybridized carbons (Fsp3) is 0.400. The third-order valence-corrected chi connectivity index (χ3v) is 3.00. The van der Waals surface area contributed by atoms with Crippen molar-refractivity contribution in [3.8, 4) is 0 Å². The van der Waals surface area contributed by atoms with E-state index < -0.39 is 18.1 Å². The Labute approximate surface area is 105 Å². The smallest absolute Gasteiger partial charge is 0.338 e. The number of rotatable bonds is 3. The molecule has 88 valence electrons. The van der Waals surface area contributed by atoms with E-state index in [1.165, 1.54) is 0 Å². The van der Waals surface area contributed by atoms with Crippen molar-refractivity contribution in [1.29, 1.82) is 0 Å². The minimum absolute atomic E-state index is 0.150. The Kier molecular flexibility index (Phi) is 4.57. The van der Waals surface area contributed by atoms with E-state index in [2.05, 4.69) is 4.98 Å². The molecule has 0 aliphatic carbocycles. The van der Waals surface area contributed by atoms with Crippen LogP contribution in [0.2, 0.25) is 0 Å². The van der Waals surface area contributed by atoms with Gasteiger partial charge in [0.15, 0.2) is 0 Å². The van der Waals surface area contributed by atoms with Gasteiger partial charge in [0.25, 0.3) is 6.43 Å². The Morgan fingerprint density at radius 3 is 2.75 bits per heavy atom. The lowest BCUT2D eigenvalue weighted by molar-refractivity contribution is 0.0524. The standard InChI is InChI=1S/C10H10F2INO2/c1-3-16-10(15)6-4-7(8(11)12)14-9(13)5(6)2/h4,8H,3H2,1-2H3. The SMILES string of the molecule is CCOC(=O)c1cc(C(F)F)nc(I)c1C. The van der Waals surface area contributed by atoms with Gasteiger partial charge in [-0.3, -0.25) is 0 Å². The molecule has 0 fully saturated rings. The summed E-state index contributed by atoms with van der Waals surface area (Å²) in [5.41, 5.74) is 0.304. The molecule has 0 radical (unpaired) electrons. The first-order chi connectivity index (χ1) is 7.47. The van der Waals surface area contributed by atoms with Crippen LogP contribution in [0.15, 0.2) is 6.07 Å². The monoisotopic (exact) mass is 341 g/mol. The molecular weight excluding hydrogens is 331 g/mol. The van der Waals surface area contributed by atoms with Gasteiger partial charge in [-0.2, -0.15) is 0 Å². The van der Waals surface area contributed by atoms with E-state index in [1.807, 2.05) is 22.6 Å². The van der Waals surface area contributed by atoms with E-state index in [0.29, 0.717) is 9.26 Å². The molecule has 0 saturated heterocycles. The second-order valence-electron chi connectivity index (χ2n) is 3.03. The molecule has 0 aliphatic rings. The Morgan fingerprint density at radius 1 is 1.62 bits per heavy atom. The maximum atomic E-state index is 12.5. The van der Waals surface area contributed by atoms with Crippen LogP contribution in [0.4, 0.5) is 8.78 Å². The number of ether oxygens (including phenoxy) is 1. The van der Waals surface area contributed by atoms with E-state index in [1.54, 1.807) is 13.8 Å². The quantitative estimate of drug-likeness (QED) is 0.482. The van der Waals surface area contributed by atoms with Crippen LogP contribution in [0.5, 0.6) is 0 Å². The van der Waals surface area contributed by atoms with Gasteiger partial charge >= 0.3 is 5.97 Å². The zero-order valence-corrected chi connectivity index (χ0v) is 10.9. The van der Waals surface area contributed by atoms with Gasteiger partial charge in [0.2, 0.25) is 0 Å². The molecule has 1 aromatic rings. The highest BCUT2D eigenvalue weighted by atomic mass is 127. The van der Waals surface area contributed by atoms with Crippen LogP contribution >= 0.6 is 22.6 Å². The first-order valence-electron chi connectivity index (χ1n) is 4.59. The summed E-state index contributed by atoms with van der Waals surface area (Å²) in [6.45, 7) is 3.52. The van der Waals surface area contributed by atoms with Crippen LogP contribution < -0.4 is 0 Å². The van der Waals surface area contributed by atoms with Crippen molar-refractivity contribution < 1.29 is 18.3 Å². The number of esters is 1. The van der Waals surface area contributed by atoms with Crippen molar-refractivity contribution in [2.45, 2.75) is 20.3 Å². The van der Waals surface area contributed by atoms with Gasteiger partial charge in [0.1, 0.15) is 9.39 Å². The average Bonchev–Trinajstić information content (AvgIpc) is 2.21. The predicted molar refractivity (Wildman–Crippen MR) is 62.6 cm³/mol. The molecule has 0 aliphatic heterocycles. The average molecular weight is 341 g/mol. The zero-order chi connectivity index (χ0) is 12.3. The summed E-state index contributed by atoms with van der Waals surface area (Å²) in [4.78, 5) is 15.2. The van der Waals surface area contributed by atoms with Gasteiger partial charge in [-0.25, -0.2) is 18.6 Å². The minimum Gasteiger partial charge on any atom is -0.462 e. The number of hydrogen-bond donors (Lipinski definition) is 0. The van der Waals surface area contributed by atoms with E-state index in [-0.39, 0.29) is 12.2 Å². The maximum Gasteiger partial charge on any atom is 0.338 e. The van der Waals surface area contributed by atoms with E-state index in [0.717, 1.165) is 6.07 Å². The molecule has 1 aromatic heterocycles. The van der Waals surface area contributed by atoms with Crippen LogP contribution in [0.25, 0.3) is 0 Å². The van der Waals surface area contributed by atoms with Gasteiger partial charge in [0.05, 0.1) is 12.2 Å². The third-order valence-electron chi connectivity index (χ3n) is 1.95. The molecule has 0 amide bonds. The molecule has 0 unspecified atom stereocenters. The second-order valence-corrected chi connectivity index (χ2v) is 4.05. The number of carbonyl (C=O) groups is 1. The van der Waals surface area contributed by atoms with Crippen LogP contribution in [0, 0.1) is 10.6 Å². The van der Waals surface area contributed by atoms with Crippen molar-refractivity contribution in [2.75, 3.05) is 6.61 Å². The van der Waals surface area contributed by atoms with Gasteiger partial charge in [-0.1, -0.05) is 0 Å². The summed E-state index contributed by atoms with van der Waals surface area (Å²) in [5, 5.41) is 0. The predicted octanol–water partition coefficient (Wildman–Crippen LogP) is 3.11. The molecular formula is C10H10F2INO2. The van der Waals surface area contributed by atoms with Crippen LogP contribution in [-0.2, 0) is 4.74 Å². The molecule has 1 heterocycles. The fourth-order valence-corrected chi connectivity index (χ4v) is 1.70. The molecule has 16 heavy (non-hydrogen) atoms. The summed E-state index contributed by atoms with van der Waals surface area (Å²) >= 11 is 1.82. The fourth-order valence-electron chi connectivity index (χ4n) is 1.13. The number of aromatic nitrogens is 1. The van der Waals surface area contributed by atoms with Crippen LogP contribution in [-0.4, -0.2) is 17.6 Å². The summed E-state index contributed by atoms with van der Waals surface area (Å²) in [7, 11) is 0. The summed E-state index contributed by atoms with van der Waals surface area (Å²) in [5.74, 6) is -0.595. The van der Waals surface area contributed by atoms with Crippen molar-refractivity contribution in [2.24, 2.45) is 0 Å². The zero-order valence-electron chi connectivity index (χ0n) is 8.76. The topological polar surface area (TPSA) is 39.2 Å². The largest absolute Gasteiger partial charge is 0.462 e.